The van der Waals surface area contributed by atoms with Crippen molar-refractivity contribution in [2.24, 2.45) is 5.92 Å². The standard InChI is InChI=1S/C14H24N4OS/c1-3-7-16-14-17-12(15)11(20-14)13(19)18(8-4-2)9-10-5-6-10/h10H,3-9,15H2,1-2H3,(H,16,17). The zero-order valence-electron chi connectivity index (χ0n) is 12.3. The summed E-state index contributed by atoms with van der Waals surface area (Å²) in [5, 5.41) is 3.94. The molecule has 1 aliphatic carbocycles. The number of anilines is 2. The third-order valence-corrected chi connectivity index (χ3v) is 4.35. The fraction of sp³-hybridized carbons (Fsp3) is 0.714. The quantitative estimate of drug-likeness (QED) is 0.774. The van der Waals surface area contributed by atoms with E-state index in [9.17, 15) is 4.79 Å². The lowest BCUT2D eigenvalue weighted by atomic mass is 10.3. The van der Waals surface area contributed by atoms with E-state index in [1.54, 1.807) is 0 Å². The number of rotatable bonds is 8. The van der Waals surface area contributed by atoms with Crippen LogP contribution >= 0.6 is 11.3 Å². The molecule has 2 rings (SSSR count). The Bertz CT molecular complexity index is 456. The number of hydrogen-bond acceptors (Lipinski definition) is 5. The van der Waals surface area contributed by atoms with Gasteiger partial charge in [0.15, 0.2) is 5.13 Å². The molecule has 0 aliphatic heterocycles. The molecule has 1 amide bonds. The molecule has 0 aromatic carbocycles. The second-order valence-electron chi connectivity index (χ2n) is 5.35. The fourth-order valence-corrected chi connectivity index (χ4v) is 2.97. The number of carbonyl (C=O) groups is 1. The zero-order valence-corrected chi connectivity index (χ0v) is 13.1. The number of nitrogens with one attached hydrogen (secondary N) is 1. The molecule has 5 nitrogen and oxygen atoms in total. The van der Waals surface area contributed by atoms with E-state index in [0.29, 0.717) is 16.6 Å². The average Bonchev–Trinajstić information content (AvgIpc) is 3.17. The van der Waals surface area contributed by atoms with Crippen LogP contribution < -0.4 is 11.1 Å². The Balaban J connectivity index is 2.06. The van der Waals surface area contributed by atoms with Crippen LogP contribution in [0.2, 0.25) is 0 Å². The summed E-state index contributed by atoms with van der Waals surface area (Å²) in [5.41, 5.74) is 5.91. The lowest BCUT2D eigenvalue weighted by Gasteiger charge is -2.21. The number of carbonyl (C=O) groups excluding carboxylic acids is 1. The Labute approximate surface area is 124 Å². The first-order valence-corrected chi connectivity index (χ1v) is 8.26. The van der Waals surface area contributed by atoms with Gasteiger partial charge in [-0.1, -0.05) is 25.2 Å². The fourth-order valence-electron chi connectivity index (χ4n) is 2.09. The number of thiazole rings is 1. The van der Waals surface area contributed by atoms with Gasteiger partial charge in [0, 0.05) is 19.6 Å². The molecule has 1 aromatic rings. The van der Waals surface area contributed by atoms with Crippen LogP contribution in [0.4, 0.5) is 10.9 Å². The predicted molar refractivity (Wildman–Crippen MR) is 84.2 cm³/mol. The Kier molecular flexibility index (Phi) is 5.23. The van der Waals surface area contributed by atoms with E-state index < -0.39 is 0 Å². The van der Waals surface area contributed by atoms with Gasteiger partial charge < -0.3 is 16.0 Å². The lowest BCUT2D eigenvalue weighted by molar-refractivity contribution is 0.0753. The van der Waals surface area contributed by atoms with Gasteiger partial charge in [0.25, 0.3) is 5.91 Å². The first kappa shape index (κ1) is 15.1. The maximum atomic E-state index is 12.6. The second-order valence-corrected chi connectivity index (χ2v) is 6.35. The number of nitrogens with two attached hydrogens (primary N) is 1. The summed E-state index contributed by atoms with van der Waals surface area (Å²) in [6.45, 7) is 6.69. The molecule has 1 heterocycles. The van der Waals surface area contributed by atoms with Crippen molar-refractivity contribution in [3.05, 3.63) is 4.88 Å². The van der Waals surface area contributed by atoms with Crippen molar-refractivity contribution in [3.8, 4) is 0 Å². The maximum absolute atomic E-state index is 12.6. The number of nitrogens with zero attached hydrogens (tertiary/aromatic N) is 2. The van der Waals surface area contributed by atoms with Crippen molar-refractivity contribution in [3.63, 3.8) is 0 Å². The van der Waals surface area contributed by atoms with Crippen molar-refractivity contribution in [2.75, 3.05) is 30.7 Å². The summed E-state index contributed by atoms with van der Waals surface area (Å²) in [5.74, 6) is 1.09. The van der Waals surface area contributed by atoms with Crippen molar-refractivity contribution < 1.29 is 4.79 Å². The van der Waals surface area contributed by atoms with Crippen LogP contribution in [0.15, 0.2) is 0 Å². The highest BCUT2D eigenvalue weighted by Crippen LogP contribution is 2.32. The molecule has 0 radical (unpaired) electrons. The molecule has 0 saturated heterocycles. The summed E-state index contributed by atoms with van der Waals surface area (Å²) in [6.07, 6.45) is 4.48. The first-order valence-electron chi connectivity index (χ1n) is 7.45. The average molecular weight is 296 g/mol. The SMILES string of the molecule is CCCNc1nc(N)c(C(=O)N(CCC)CC2CC2)s1. The Morgan fingerprint density at radius 1 is 1.45 bits per heavy atom. The predicted octanol–water partition coefficient (Wildman–Crippen LogP) is 2.81. The molecule has 1 aromatic heterocycles. The van der Waals surface area contributed by atoms with Gasteiger partial charge in [0.2, 0.25) is 0 Å². The molecule has 6 heteroatoms. The van der Waals surface area contributed by atoms with Gasteiger partial charge in [0.05, 0.1) is 0 Å². The number of hydrogen-bond donors (Lipinski definition) is 2. The topological polar surface area (TPSA) is 71.2 Å². The molecule has 0 unspecified atom stereocenters. The van der Waals surface area contributed by atoms with Crippen LogP contribution in [-0.4, -0.2) is 35.4 Å². The molecule has 1 saturated carbocycles. The second kappa shape index (κ2) is 6.92. The van der Waals surface area contributed by atoms with Gasteiger partial charge in [-0.25, -0.2) is 4.98 Å². The molecular weight excluding hydrogens is 272 g/mol. The van der Waals surface area contributed by atoms with Gasteiger partial charge in [-0.15, -0.1) is 0 Å². The smallest absolute Gasteiger partial charge is 0.267 e. The van der Waals surface area contributed by atoms with Crippen LogP contribution in [0, 0.1) is 5.92 Å². The van der Waals surface area contributed by atoms with Crippen molar-refractivity contribution in [2.45, 2.75) is 39.5 Å². The molecule has 0 spiro atoms. The highest BCUT2D eigenvalue weighted by Gasteiger charge is 2.28. The summed E-state index contributed by atoms with van der Waals surface area (Å²) < 4.78 is 0. The molecule has 3 N–H and O–H groups in total. The van der Waals surface area contributed by atoms with Crippen LogP contribution in [0.25, 0.3) is 0 Å². The molecular formula is C14H24N4OS. The minimum absolute atomic E-state index is 0.0401. The largest absolute Gasteiger partial charge is 0.382 e. The Morgan fingerprint density at radius 3 is 2.80 bits per heavy atom. The van der Waals surface area contributed by atoms with Gasteiger partial charge in [-0.3, -0.25) is 4.79 Å². The number of aromatic nitrogens is 1. The van der Waals surface area contributed by atoms with E-state index in [2.05, 4.69) is 24.1 Å². The van der Waals surface area contributed by atoms with Crippen molar-refractivity contribution >= 4 is 28.2 Å². The van der Waals surface area contributed by atoms with Crippen molar-refractivity contribution in [1.29, 1.82) is 0 Å². The van der Waals surface area contributed by atoms with Gasteiger partial charge in [-0.2, -0.15) is 0 Å². The Morgan fingerprint density at radius 2 is 2.20 bits per heavy atom. The van der Waals surface area contributed by atoms with Gasteiger partial charge in [-0.05, 0) is 31.6 Å². The molecule has 1 aliphatic rings. The van der Waals surface area contributed by atoms with Crippen LogP contribution in [0.5, 0.6) is 0 Å². The van der Waals surface area contributed by atoms with E-state index >= 15 is 0 Å². The third-order valence-electron chi connectivity index (χ3n) is 3.33. The number of amides is 1. The monoisotopic (exact) mass is 296 g/mol. The molecule has 0 bridgehead atoms. The molecule has 0 atom stereocenters. The van der Waals surface area contributed by atoms with Crippen LogP contribution in [0.1, 0.15) is 49.2 Å². The van der Waals surface area contributed by atoms with E-state index in [1.807, 2.05) is 4.90 Å². The van der Waals surface area contributed by atoms with Crippen LogP contribution in [0.3, 0.4) is 0 Å². The van der Waals surface area contributed by atoms with E-state index in [1.165, 1.54) is 24.2 Å². The van der Waals surface area contributed by atoms with Crippen molar-refractivity contribution in [1.82, 2.24) is 9.88 Å². The third kappa shape index (κ3) is 3.85. The van der Waals surface area contributed by atoms with Gasteiger partial charge in [0.1, 0.15) is 10.7 Å². The lowest BCUT2D eigenvalue weighted by Crippen LogP contribution is -2.33. The summed E-state index contributed by atoms with van der Waals surface area (Å²) >= 11 is 1.37. The van der Waals surface area contributed by atoms with Crippen LogP contribution in [-0.2, 0) is 0 Å². The molecule has 112 valence electrons. The minimum Gasteiger partial charge on any atom is -0.382 e. The van der Waals surface area contributed by atoms with E-state index in [4.69, 9.17) is 5.73 Å². The zero-order chi connectivity index (χ0) is 14.5. The summed E-state index contributed by atoms with van der Waals surface area (Å²) in [7, 11) is 0. The van der Waals surface area contributed by atoms with E-state index in [-0.39, 0.29) is 5.91 Å². The Hall–Kier alpha value is -1.30. The van der Waals surface area contributed by atoms with Gasteiger partial charge >= 0.3 is 0 Å². The normalized spacial score (nSPS) is 14.3. The summed E-state index contributed by atoms with van der Waals surface area (Å²) in [4.78, 5) is 19.4. The highest BCUT2D eigenvalue weighted by atomic mass is 32.1. The first-order chi connectivity index (χ1) is 9.65. The number of nitrogen functional groups attached to an aromatic ring is 1. The molecule has 1 fully saturated rings. The van der Waals surface area contributed by atoms with E-state index in [0.717, 1.165) is 37.6 Å². The molecule has 20 heavy (non-hydrogen) atoms. The highest BCUT2D eigenvalue weighted by molar-refractivity contribution is 7.18. The minimum atomic E-state index is 0.0401. The maximum Gasteiger partial charge on any atom is 0.267 e. The summed E-state index contributed by atoms with van der Waals surface area (Å²) in [6, 6.07) is 0.